The first-order valence-corrected chi connectivity index (χ1v) is 9.02. The van der Waals surface area contributed by atoms with Crippen molar-refractivity contribution in [3.8, 4) is 0 Å². The predicted molar refractivity (Wildman–Crippen MR) is 110 cm³/mol. The monoisotopic (exact) mass is 351 g/mol. The molecule has 0 aliphatic carbocycles. The molecule has 0 N–H and O–H groups in total. The zero-order valence-corrected chi connectivity index (χ0v) is 16.4. The second kappa shape index (κ2) is 9.30. The maximum absolute atomic E-state index is 5.63. The quantitative estimate of drug-likeness (QED) is 0.442. The Bertz CT molecular complexity index is 731. The molecule has 4 nitrogen and oxygen atoms in total. The maximum atomic E-state index is 5.63. The Hall–Kier alpha value is -2.46. The van der Waals surface area contributed by atoms with Crippen molar-refractivity contribution in [2.45, 2.75) is 39.7 Å². The van der Waals surface area contributed by atoms with E-state index in [4.69, 9.17) is 14.8 Å². The average molecular weight is 351 g/mol. The first kappa shape index (κ1) is 19.9. The number of hydrogen-bond donors (Lipinski definition) is 0. The highest BCUT2D eigenvalue weighted by Crippen LogP contribution is 2.13. The number of nitrogens with zero attached hydrogens (tertiary/aromatic N) is 3. The molecule has 138 valence electrons. The van der Waals surface area contributed by atoms with Gasteiger partial charge in [0.25, 0.3) is 0 Å². The van der Waals surface area contributed by atoms with Gasteiger partial charge in [0.15, 0.2) is 0 Å². The minimum atomic E-state index is -0.251. The van der Waals surface area contributed by atoms with Gasteiger partial charge in [-0.25, -0.2) is 15.0 Å². The highest BCUT2D eigenvalue weighted by molar-refractivity contribution is 6.08. The van der Waals surface area contributed by atoms with Crippen LogP contribution in [0.25, 0.3) is 0 Å². The molecule has 0 saturated heterocycles. The lowest BCUT2D eigenvalue weighted by atomic mass is 10.0. The van der Waals surface area contributed by atoms with E-state index in [1.165, 1.54) is 5.56 Å². The summed E-state index contributed by atoms with van der Waals surface area (Å²) in [5.41, 5.74) is 3.01. The van der Waals surface area contributed by atoms with E-state index in [1.807, 2.05) is 38.2 Å². The Morgan fingerprint density at radius 1 is 0.962 bits per heavy atom. The summed E-state index contributed by atoms with van der Waals surface area (Å²) in [4.78, 5) is 15.3. The molecular formula is C22H29N3O. The van der Waals surface area contributed by atoms with Crippen molar-refractivity contribution in [2.75, 3.05) is 13.7 Å². The molecule has 0 bridgehead atoms. The molecule has 0 aliphatic rings. The third kappa shape index (κ3) is 6.45. The van der Waals surface area contributed by atoms with Crippen LogP contribution in [0.1, 0.15) is 38.8 Å². The number of hydroxylamine groups is 2. The van der Waals surface area contributed by atoms with Gasteiger partial charge in [-0.05, 0) is 38.8 Å². The minimum Gasteiger partial charge on any atom is -0.271 e. The molecule has 0 heterocycles. The summed E-state index contributed by atoms with van der Waals surface area (Å²) in [6, 6.07) is 20.6. The van der Waals surface area contributed by atoms with Crippen LogP contribution in [0.2, 0.25) is 0 Å². The van der Waals surface area contributed by atoms with Crippen LogP contribution in [0.4, 0.5) is 0 Å². The van der Waals surface area contributed by atoms with E-state index in [9.17, 15) is 0 Å². The van der Waals surface area contributed by atoms with Gasteiger partial charge in [0, 0.05) is 13.5 Å². The summed E-state index contributed by atoms with van der Waals surface area (Å²) in [5.74, 6) is 0.578. The Kier molecular flexibility index (Phi) is 7.10. The Morgan fingerprint density at radius 2 is 1.54 bits per heavy atom. The SMILES string of the molecule is CCON(C)C(N=C(Cc1ccccc1)c1ccccc1)=NC(C)(C)C. The van der Waals surface area contributed by atoms with E-state index < -0.39 is 0 Å². The molecule has 0 unspecified atom stereocenters. The van der Waals surface area contributed by atoms with Gasteiger partial charge >= 0.3 is 0 Å². The van der Waals surface area contributed by atoms with Gasteiger partial charge in [-0.2, -0.15) is 0 Å². The molecule has 2 rings (SSSR count). The number of benzene rings is 2. The smallest absolute Gasteiger partial charge is 0.245 e. The molecule has 0 spiro atoms. The highest BCUT2D eigenvalue weighted by atomic mass is 16.7. The Labute approximate surface area is 157 Å². The van der Waals surface area contributed by atoms with Crippen LogP contribution < -0.4 is 0 Å². The van der Waals surface area contributed by atoms with Crippen molar-refractivity contribution in [3.63, 3.8) is 0 Å². The summed E-state index contributed by atoms with van der Waals surface area (Å²) in [6.07, 6.45) is 0.730. The number of hydrogen-bond acceptors (Lipinski definition) is 2. The fraction of sp³-hybridized carbons (Fsp3) is 0.364. The maximum Gasteiger partial charge on any atom is 0.245 e. The fourth-order valence-electron chi connectivity index (χ4n) is 2.46. The molecule has 0 saturated carbocycles. The van der Waals surface area contributed by atoms with E-state index >= 15 is 0 Å². The first-order chi connectivity index (χ1) is 12.4. The molecule has 2 aromatic carbocycles. The van der Waals surface area contributed by atoms with Crippen LogP contribution in [0, 0.1) is 0 Å². The minimum absolute atomic E-state index is 0.251. The molecule has 0 aromatic heterocycles. The lowest BCUT2D eigenvalue weighted by Gasteiger charge is -2.22. The van der Waals surface area contributed by atoms with Crippen LogP contribution in [-0.2, 0) is 11.3 Å². The third-order valence-corrected chi connectivity index (χ3v) is 3.60. The van der Waals surface area contributed by atoms with Crippen molar-refractivity contribution < 1.29 is 4.84 Å². The van der Waals surface area contributed by atoms with Crippen LogP contribution >= 0.6 is 0 Å². The molecular weight excluding hydrogens is 322 g/mol. The van der Waals surface area contributed by atoms with Gasteiger partial charge in [0.05, 0.1) is 17.9 Å². The number of guanidine groups is 1. The van der Waals surface area contributed by atoms with Crippen molar-refractivity contribution in [1.82, 2.24) is 5.06 Å². The second-order valence-corrected chi connectivity index (χ2v) is 7.08. The van der Waals surface area contributed by atoms with E-state index in [2.05, 4.69) is 57.2 Å². The summed E-state index contributed by atoms with van der Waals surface area (Å²) in [7, 11) is 1.85. The molecule has 0 atom stereocenters. The van der Waals surface area contributed by atoms with Gasteiger partial charge in [-0.3, -0.25) is 4.84 Å². The van der Waals surface area contributed by atoms with Crippen LogP contribution in [0.5, 0.6) is 0 Å². The van der Waals surface area contributed by atoms with Gasteiger partial charge < -0.3 is 0 Å². The van der Waals surface area contributed by atoms with E-state index in [0.29, 0.717) is 12.6 Å². The third-order valence-electron chi connectivity index (χ3n) is 3.60. The fourth-order valence-corrected chi connectivity index (χ4v) is 2.46. The van der Waals surface area contributed by atoms with Gasteiger partial charge in [0.2, 0.25) is 5.96 Å². The van der Waals surface area contributed by atoms with Crippen molar-refractivity contribution in [3.05, 3.63) is 71.8 Å². The molecule has 2 aromatic rings. The lowest BCUT2D eigenvalue weighted by Crippen LogP contribution is -2.30. The summed E-state index contributed by atoms with van der Waals surface area (Å²) >= 11 is 0. The molecule has 0 radical (unpaired) electrons. The predicted octanol–water partition coefficient (Wildman–Crippen LogP) is 4.76. The van der Waals surface area contributed by atoms with E-state index in [1.54, 1.807) is 5.06 Å². The average Bonchev–Trinajstić information content (AvgIpc) is 2.61. The van der Waals surface area contributed by atoms with Gasteiger partial charge in [-0.1, -0.05) is 60.7 Å². The van der Waals surface area contributed by atoms with Crippen molar-refractivity contribution in [1.29, 1.82) is 0 Å². The van der Waals surface area contributed by atoms with Crippen molar-refractivity contribution >= 4 is 11.7 Å². The van der Waals surface area contributed by atoms with Crippen LogP contribution in [-0.4, -0.2) is 35.9 Å². The Morgan fingerprint density at radius 3 is 2.08 bits per heavy atom. The number of aliphatic imine (C=N–C) groups is 2. The molecule has 0 aliphatic heterocycles. The first-order valence-electron chi connectivity index (χ1n) is 9.02. The summed E-state index contributed by atoms with van der Waals surface area (Å²) in [6.45, 7) is 8.69. The standard InChI is InChI=1S/C22H29N3O/c1-6-26-25(5)21(24-22(2,3)4)23-20(19-15-11-8-12-16-19)17-18-13-9-7-10-14-18/h7-16H,6,17H2,1-5H3. The van der Waals surface area contributed by atoms with Crippen LogP contribution in [0.3, 0.4) is 0 Å². The lowest BCUT2D eigenvalue weighted by molar-refractivity contribution is -0.0742. The number of rotatable bonds is 5. The normalized spacial score (nSPS) is 13.0. The topological polar surface area (TPSA) is 37.2 Å². The van der Waals surface area contributed by atoms with E-state index in [-0.39, 0.29) is 5.54 Å². The van der Waals surface area contributed by atoms with Crippen molar-refractivity contribution in [2.24, 2.45) is 9.98 Å². The zero-order chi connectivity index (χ0) is 19.0. The molecule has 0 amide bonds. The molecule has 0 fully saturated rings. The summed E-state index contributed by atoms with van der Waals surface area (Å²) in [5, 5.41) is 1.65. The van der Waals surface area contributed by atoms with Gasteiger partial charge in [0.1, 0.15) is 0 Å². The zero-order valence-electron chi connectivity index (χ0n) is 16.4. The van der Waals surface area contributed by atoms with E-state index in [0.717, 1.165) is 17.7 Å². The second-order valence-electron chi connectivity index (χ2n) is 7.08. The summed E-state index contributed by atoms with van der Waals surface area (Å²) < 4.78 is 0. The van der Waals surface area contributed by atoms with Gasteiger partial charge in [-0.15, -0.1) is 0 Å². The highest BCUT2D eigenvalue weighted by Gasteiger charge is 2.15. The Balaban J connectivity index is 2.47. The molecule has 4 heteroatoms. The largest absolute Gasteiger partial charge is 0.271 e. The van der Waals surface area contributed by atoms with Crippen LogP contribution in [0.15, 0.2) is 70.6 Å². The molecule has 26 heavy (non-hydrogen) atoms.